The highest BCUT2D eigenvalue weighted by Crippen LogP contribution is 2.32. The Morgan fingerprint density at radius 1 is 0.903 bits per heavy atom. The Labute approximate surface area is 185 Å². The van der Waals surface area contributed by atoms with Crippen LogP contribution in [0.3, 0.4) is 0 Å². The van der Waals surface area contributed by atoms with Gasteiger partial charge >= 0.3 is 0 Å². The molecule has 2 aliphatic rings. The van der Waals surface area contributed by atoms with Crippen LogP contribution in [0.4, 0.5) is 5.69 Å². The normalized spacial score (nSPS) is 19.5. The molecule has 0 aliphatic carbocycles. The summed E-state index contributed by atoms with van der Waals surface area (Å²) < 4.78 is 11.1. The molecule has 2 aromatic rings. The van der Waals surface area contributed by atoms with Crippen molar-refractivity contribution < 1.29 is 14.3 Å². The van der Waals surface area contributed by atoms with E-state index in [9.17, 15) is 4.79 Å². The third kappa shape index (κ3) is 4.90. The summed E-state index contributed by atoms with van der Waals surface area (Å²) in [6.45, 7) is 10.1. The third-order valence-corrected chi connectivity index (χ3v) is 6.37. The van der Waals surface area contributed by atoms with Crippen LogP contribution in [0.25, 0.3) is 0 Å². The molecule has 5 heteroatoms. The standard InChI is InChI=1S/C26H32N2O3/c1-2-12-26(28-15-19-31-20-16-28,21-22-6-4-3-5-7-22)25(29)23-8-10-24(11-9-23)27-13-17-30-18-14-27/h2-11H,1,12-21H2. The lowest BCUT2D eigenvalue weighted by Gasteiger charge is -2.44. The number of benzene rings is 2. The van der Waals surface area contributed by atoms with Crippen LogP contribution < -0.4 is 4.90 Å². The van der Waals surface area contributed by atoms with Crippen molar-refractivity contribution in [1.29, 1.82) is 0 Å². The van der Waals surface area contributed by atoms with Crippen LogP contribution in [0.2, 0.25) is 0 Å². The van der Waals surface area contributed by atoms with Crippen LogP contribution in [0.5, 0.6) is 0 Å². The molecular weight excluding hydrogens is 388 g/mol. The molecule has 0 bridgehead atoms. The van der Waals surface area contributed by atoms with Gasteiger partial charge in [0.25, 0.3) is 0 Å². The third-order valence-electron chi connectivity index (χ3n) is 6.37. The van der Waals surface area contributed by atoms with Gasteiger partial charge in [-0.25, -0.2) is 0 Å². The summed E-state index contributed by atoms with van der Waals surface area (Å²) in [5.74, 6) is 0.159. The van der Waals surface area contributed by atoms with Crippen molar-refractivity contribution in [3.8, 4) is 0 Å². The Hall–Kier alpha value is -2.47. The predicted molar refractivity (Wildman–Crippen MR) is 124 cm³/mol. The molecule has 1 atom stereocenters. The molecule has 5 nitrogen and oxygen atoms in total. The van der Waals surface area contributed by atoms with Gasteiger partial charge in [0, 0.05) is 37.4 Å². The van der Waals surface area contributed by atoms with Crippen molar-refractivity contribution in [2.75, 3.05) is 57.5 Å². The minimum Gasteiger partial charge on any atom is -0.379 e. The fourth-order valence-electron chi connectivity index (χ4n) is 4.71. The number of ketones is 1. The number of ether oxygens (including phenoxy) is 2. The summed E-state index contributed by atoms with van der Waals surface area (Å²) in [5, 5.41) is 0. The van der Waals surface area contributed by atoms with Gasteiger partial charge in [0.05, 0.1) is 32.0 Å². The van der Waals surface area contributed by atoms with E-state index in [0.29, 0.717) is 26.1 Å². The van der Waals surface area contributed by atoms with Crippen molar-refractivity contribution in [3.05, 3.63) is 78.4 Å². The first-order chi connectivity index (χ1) is 15.2. The summed E-state index contributed by atoms with van der Waals surface area (Å²) in [4.78, 5) is 18.7. The van der Waals surface area contributed by atoms with Gasteiger partial charge in [-0.3, -0.25) is 9.69 Å². The van der Waals surface area contributed by atoms with Gasteiger partial charge in [-0.2, -0.15) is 0 Å². The number of Topliss-reactive ketones (excluding diaryl/α,β-unsaturated/α-hetero) is 1. The van der Waals surface area contributed by atoms with Crippen LogP contribution in [-0.4, -0.2) is 68.8 Å². The van der Waals surface area contributed by atoms with Gasteiger partial charge in [0.2, 0.25) is 0 Å². The summed E-state index contributed by atoms with van der Waals surface area (Å²) in [5.41, 5.74) is 2.40. The summed E-state index contributed by atoms with van der Waals surface area (Å²) >= 11 is 0. The van der Waals surface area contributed by atoms with Crippen molar-refractivity contribution in [2.45, 2.75) is 18.4 Å². The second kappa shape index (κ2) is 10.2. The van der Waals surface area contributed by atoms with E-state index in [-0.39, 0.29) is 5.78 Å². The number of hydrogen-bond acceptors (Lipinski definition) is 5. The Morgan fingerprint density at radius 2 is 1.52 bits per heavy atom. The molecule has 2 fully saturated rings. The monoisotopic (exact) mass is 420 g/mol. The van der Waals surface area contributed by atoms with E-state index >= 15 is 0 Å². The first-order valence-corrected chi connectivity index (χ1v) is 11.2. The van der Waals surface area contributed by atoms with Crippen molar-refractivity contribution in [2.24, 2.45) is 0 Å². The molecule has 2 aliphatic heterocycles. The molecule has 2 heterocycles. The van der Waals surface area contributed by atoms with Gasteiger partial charge in [-0.1, -0.05) is 36.4 Å². The van der Waals surface area contributed by atoms with Crippen LogP contribution in [-0.2, 0) is 15.9 Å². The second-order valence-corrected chi connectivity index (χ2v) is 8.26. The van der Waals surface area contributed by atoms with E-state index < -0.39 is 5.54 Å². The highest BCUT2D eigenvalue weighted by atomic mass is 16.5. The molecule has 164 valence electrons. The molecule has 0 spiro atoms. The van der Waals surface area contributed by atoms with Crippen molar-refractivity contribution in [1.82, 2.24) is 4.90 Å². The van der Waals surface area contributed by atoms with E-state index in [4.69, 9.17) is 9.47 Å². The molecule has 2 saturated heterocycles. The average Bonchev–Trinajstić information content (AvgIpc) is 2.85. The summed E-state index contributed by atoms with van der Waals surface area (Å²) in [7, 11) is 0. The van der Waals surface area contributed by atoms with Crippen LogP contribution >= 0.6 is 0 Å². The van der Waals surface area contributed by atoms with Gasteiger partial charge < -0.3 is 14.4 Å². The van der Waals surface area contributed by atoms with Crippen LogP contribution in [0.15, 0.2) is 67.3 Å². The minimum absolute atomic E-state index is 0.159. The van der Waals surface area contributed by atoms with Gasteiger partial charge in [0.1, 0.15) is 0 Å². The molecule has 4 rings (SSSR count). The van der Waals surface area contributed by atoms with Gasteiger partial charge in [-0.05, 0) is 42.7 Å². The number of carbonyl (C=O) groups is 1. The van der Waals surface area contributed by atoms with Gasteiger partial charge in [-0.15, -0.1) is 6.58 Å². The molecule has 1 unspecified atom stereocenters. The molecule has 31 heavy (non-hydrogen) atoms. The lowest BCUT2D eigenvalue weighted by Crippen LogP contribution is -2.59. The van der Waals surface area contributed by atoms with E-state index in [1.165, 1.54) is 0 Å². The Morgan fingerprint density at radius 3 is 2.13 bits per heavy atom. The smallest absolute Gasteiger partial charge is 0.183 e. The van der Waals surface area contributed by atoms with Crippen LogP contribution in [0, 0.1) is 0 Å². The lowest BCUT2D eigenvalue weighted by molar-refractivity contribution is -0.0142. The second-order valence-electron chi connectivity index (χ2n) is 8.26. The number of carbonyl (C=O) groups excluding carboxylic acids is 1. The summed E-state index contributed by atoms with van der Waals surface area (Å²) in [6.07, 6.45) is 3.15. The molecule has 0 amide bonds. The number of anilines is 1. The molecule has 0 radical (unpaired) electrons. The Bertz CT molecular complexity index is 856. The largest absolute Gasteiger partial charge is 0.379 e. The van der Waals surface area contributed by atoms with E-state index in [1.807, 2.05) is 36.4 Å². The lowest BCUT2D eigenvalue weighted by atomic mass is 9.78. The maximum Gasteiger partial charge on any atom is 0.183 e. The Kier molecular flexibility index (Phi) is 7.17. The minimum atomic E-state index is -0.659. The molecular formula is C26H32N2O3. The molecule has 2 aromatic carbocycles. The quantitative estimate of drug-likeness (QED) is 0.482. The van der Waals surface area contributed by atoms with E-state index in [2.05, 4.69) is 40.6 Å². The topological polar surface area (TPSA) is 42.0 Å². The SMILES string of the molecule is C=CCC(Cc1ccccc1)(C(=O)c1ccc(N2CCOCC2)cc1)N1CCOCC1. The fourth-order valence-corrected chi connectivity index (χ4v) is 4.71. The summed E-state index contributed by atoms with van der Waals surface area (Å²) in [6, 6.07) is 18.4. The number of hydrogen-bond donors (Lipinski definition) is 0. The average molecular weight is 421 g/mol. The number of morpholine rings is 2. The number of nitrogens with zero attached hydrogens (tertiary/aromatic N) is 2. The molecule has 0 N–H and O–H groups in total. The predicted octanol–water partition coefficient (Wildman–Crippen LogP) is 3.60. The Balaban J connectivity index is 1.65. The molecule has 0 aromatic heterocycles. The van der Waals surface area contributed by atoms with E-state index in [1.54, 1.807) is 0 Å². The highest BCUT2D eigenvalue weighted by Gasteiger charge is 2.43. The van der Waals surface area contributed by atoms with Gasteiger partial charge in [0.15, 0.2) is 5.78 Å². The van der Waals surface area contributed by atoms with E-state index in [0.717, 1.165) is 56.2 Å². The fraction of sp³-hybridized carbons (Fsp3) is 0.423. The van der Waals surface area contributed by atoms with Crippen LogP contribution in [0.1, 0.15) is 22.3 Å². The first-order valence-electron chi connectivity index (χ1n) is 11.2. The maximum absolute atomic E-state index is 14.1. The zero-order valence-corrected chi connectivity index (χ0v) is 18.2. The highest BCUT2D eigenvalue weighted by molar-refractivity contribution is 6.04. The van der Waals surface area contributed by atoms with Crippen molar-refractivity contribution in [3.63, 3.8) is 0 Å². The maximum atomic E-state index is 14.1. The van der Waals surface area contributed by atoms with Crippen molar-refractivity contribution >= 4 is 11.5 Å². The zero-order chi connectivity index (χ0) is 21.5. The first kappa shape index (κ1) is 21.8. The molecule has 0 saturated carbocycles. The zero-order valence-electron chi connectivity index (χ0n) is 18.2. The number of rotatable bonds is 8.